The topological polar surface area (TPSA) is 87.0 Å². The van der Waals surface area contributed by atoms with Crippen LogP contribution < -0.4 is 15.4 Å². The molecule has 26 heavy (non-hydrogen) atoms. The lowest BCUT2D eigenvalue weighted by Crippen LogP contribution is -2.32. The molecule has 1 aliphatic carbocycles. The number of aromatic nitrogens is 1. The number of carbonyl (C=O) groups is 1. The maximum absolute atomic E-state index is 14.2. The van der Waals surface area contributed by atoms with E-state index in [0.717, 1.165) is 0 Å². The summed E-state index contributed by atoms with van der Waals surface area (Å²) in [7, 11) is 0. The molecule has 2 amide bonds. The van der Waals surface area contributed by atoms with Crippen LogP contribution in [0.4, 0.5) is 15.0 Å². The summed E-state index contributed by atoms with van der Waals surface area (Å²) < 4.78 is 20.6. The van der Waals surface area contributed by atoms with E-state index in [2.05, 4.69) is 31.5 Å². The van der Waals surface area contributed by atoms with E-state index in [4.69, 9.17) is 21.6 Å². The quantitative estimate of drug-likeness (QED) is 0.700. The van der Waals surface area contributed by atoms with Crippen LogP contribution in [-0.2, 0) is 0 Å². The van der Waals surface area contributed by atoms with Crippen LogP contribution in [0.3, 0.4) is 0 Å². The molecule has 0 spiro atoms. The van der Waals surface area contributed by atoms with Crippen LogP contribution in [0.5, 0.6) is 5.75 Å². The summed E-state index contributed by atoms with van der Waals surface area (Å²) in [5.74, 6) is 0.273. The molecule has 4 rings (SSSR count). The number of amides is 2. The molecule has 0 bridgehead atoms. The summed E-state index contributed by atoms with van der Waals surface area (Å²) >= 11 is 9.21. The molecule has 0 radical (unpaired) electrons. The number of halogens is 3. The molecular formula is C17H11BrClFN4O2. The normalized spacial score (nSPS) is 22.3. The fourth-order valence-corrected chi connectivity index (χ4v) is 3.90. The number of benzene rings is 1. The summed E-state index contributed by atoms with van der Waals surface area (Å²) in [4.78, 5) is 16.2. The average Bonchev–Trinajstić information content (AvgIpc) is 3.31. The summed E-state index contributed by atoms with van der Waals surface area (Å²) in [5.41, 5.74) is 0.709. The number of urea groups is 1. The van der Waals surface area contributed by atoms with E-state index in [0.29, 0.717) is 22.4 Å². The molecule has 1 aromatic carbocycles. The van der Waals surface area contributed by atoms with Gasteiger partial charge in [0.25, 0.3) is 0 Å². The molecule has 3 atom stereocenters. The van der Waals surface area contributed by atoms with E-state index < -0.39 is 6.03 Å². The van der Waals surface area contributed by atoms with Crippen LogP contribution in [0, 0.1) is 23.1 Å². The monoisotopic (exact) mass is 436 g/mol. The number of carbonyl (C=O) groups excluding carboxylic acids is 1. The lowest BCUT2D eigenvalue weighted by molar-refractivity contribution is 0.249. The van der Waals surface area contributed by atoms with Gasteiger partial charge in [-0.05, 0) is 40.2 Å². The maximum atomic E-state index is 14.2. The van der Waals surface area contributed by atoms with E-state index in [9.17, 15) is 9.18 Å². The minimum absolute atomic E-state index is 0.0136. The van der Waals surface area contributed by atoms with Crippen molar-refractivity contribution in [1.82, 2.24) is 10.3 Å². The minimum Gasteiger partial charge on any atom is -0.492 e. The number of hydrogen-bond acceptors (Lipinski definition) is 4. The van der Waals surface area contributed by atoms with Crippen molar-refractivity contribution in [2.75, 3.05) is 11.9 Å². The van der Waals surface area contributed by atoms with Gasteiger partial charge in [0, 0.05) is 23.4 Å². The SMILES string of the molecule is N#Cc1ccc(NC(=O)NC2[C@H]3COc4c(Br)ccc(F)c4[C@@H]23)nc1Cl. The fraction of sp³-hybridized carbons (Fsp3) is 0.235. The van der Waals surface area contributed by atoms with Crippen molar-refractivity contribution in [2.24, 2.45) is 5.92 Å². The van der Waals surface area contributed by atoms with Crippen molar-refractivity contribution >= 4 is 39.4 Å². The van der Waals surface area contributed by atoms with Crippen molar-refractivity contribution in [3.8, 4) is 11.8 Å². The molecule has 1 aliphatic heterocycles. The third kappa shape index (κ3) is 2.87. The molecule has 2 aromatic rings. The molecule has 1 saturated carbocycles. The number of hydrogen-bond donors (Lipinski definition) is 2. The number of ether oxygens (including phenoxy) is 1. The van der Waals surface area contributed by atoms with E-state index in [1.165, 1.54) is 18.2 Å². The van der Waals surface area contributed by atoms with Gasteiger partial charge in [0.15, 0.2) is 0 Å². The van der Waals surface area contributed by atoms with Crippen LogP contribution in [0.15, 0.2) is 28.7 Å². The van der Waals surface area contributed by atoms with Crippen molar-refractivity contribution in [2.45, 2.75) is 12.0 Å². The Balaban J connectivity index is 1.46. The molecule has 1 unspecified atom stereocenters. The van der Waals surface area contributed by atoms with Gasteiger partial charge in [-0.2, -0.15) is 5.26 Å². The zero-order valence-electron chi connectivity index (χ0n) is 13.1. The standard InChI is InChI=1S/C17H11BrClFN4O2/c18-9-2-3-10(20)13-12-8(6-26-15(9)13)14(12)24-17(25)23-11-4-1-7(5-21)16(19)22-11/h1-4,8,12,14H,6H2,(H2,22,23,24,25)/t8-,12-,14?/m0/s1. The third-order valence-corrected chi connectivity index (χ3v) is 5.44. The van der Waals surface area contributed by atoms with Gasteiger partial charge in [0.05, 0.1) is 16.6 Å². The number of pyridine rings is 1. The van der Waals surface area contributed by atoms with Crippen molar-refractivity contribution < 1.29 is 13.9 Å². The van der Waals surface area contributed by atoms with Crippen LogP contribution >= 0.6 is 27.5 Å². The first kappa shape index (κ1) is 17.1. The Morgan fingerprint density at radius 1 is 1.42 bits per heavy atom. The van der Waals surface area contributed by atoms with Gasteiger partial charge in [-0.25, -0.2) is 14.2 Å². The van der Waals surface area contributed by atoms with Gasteiger partial charge in [0.2, 0.25) is 0 Å². The van der Waals surface area contributed by atoms with Gasteiger partial charge < -0.3 is 10.1 Å². The van der Waals surface area contributed by atoms with Gasteiger partial charge >= 0.3 is 6.03 Å². The van der Waals surface area contributed by atoms with Gasteiger partial charge in [-0.3, -0.25) is 5.32 Å². The smallest absolute Gasteiger partial charge is 0.320 e. The highest BCUT2D eigenvalue weighted by molar-refractivity contribution is 9.10. The molecule has 0 saturated heterocycles. The van der Waals surface area contributed by atoms with E-state index in [-0.39, 0.29) is 40.2 Å². The molecule has 6 nitrogen and oxygen atoms in total. The Morgan fingerprint density at radius 3 is 2.96 bits per heavy atom. The number of rotatable bonds is 2. The molecule has 1 fully saturated rings. The van der Waals surface area contributed by atoms with Crippen LogP contribution in [-0.4, -0.2) is 23.7 Å². The van der Waals surface area contributed by atoms with E-state index in [1.807, 2.05) is 6.07 Å². The molecule has 2 aliphatic rings. The van der Waals surface area contributed by atoms with E-state index >= 15 is 0 Å². The summed E-state index contributed by atoms with van der Waals surface area (Å²) in [6.07, 6.45) is 0. The van der Waals surface area contributed by atoms with Gasteiger partial charge in [0.1, 0.15) is 28.6 Å². The van der Waals surface area contributed by atoms with Gasteiger partial charge in [-0.15, -0.1) is 0 Å². The summed E-state index contributed by atoms with van der Waals surface area (Å²) in [5, 5.41) is 14.2. The predicted octanol–water partition coefficient (Wildman–Crippen LogP) is 3.80. The first-order chi connectivity index (χ1) is 12.5. The first-order valence-electron chi connectivity index (χ1n) is 7.74. The minimum atomic E-state index is -0.477. The summed E-state index contributed by atoms with van der Waals surface area (Å²) in [6.45, 7) is 0.408. The molecule has 9 heteroatoms. The molecule has 132 valence electrons. The number of nitrogens with one attached hydrogen (secondary N) is 2. The maximum Gasteiger partial charge on any atom is 0.320 e. The number of fused-ring (bicyclic) bond motifs is 3. The second-order valence-electron chi connectivity index (χ2n) is 6.04. The highest BCUT2D eigenvalue weighted by Crippen LogP contribution is 2.56. The lowest BCUT2D eigenvalue weighted by Gasteiger charge is -2.17. The van der Waals surface area contributed by atoms with Crippen molar-refractivity contribution in [3.63, 3.8) is 0 Å². The molecular weight excluding hydrogens is 427 g/mol. The molecule has 2 heterocycles. The largest absolute Gasteiger partial charge is 0.492 e. The Kier molecular flexibility index (Phi) is 4.21. The Morgan fingerprint density at radius 2 is 2.23 bits per heavy atom. The second-order valence-corrected chi connectivity index (χ2v) is 7.26. The number of nitriles is 1. The highest BCUT2D eigenvalue weighted by atomic mass is 79.9. The van der Waals surface area contributed by atoms with Crippen molar-refractivity contribution in [1.29, 1.82) is 5.26 Å². The third-order valence-electron chi connectivity index (χ3n) is 4.53. The van der Waals surface area contributed by atoms with Crippen LogP contribution in [0.2, 0.25) is 5.15 Å². The first-order valence-corrected chi connectivity index (χ1v) is 8.91. The lowest BCUT2D eigenvalue weighted by atomic mass is 10.1. The van der Waals surface area contributed by atoms with E-state index in [1.54, 1.807) is 6.07 Å². The van der Waals surface area contributed by atoms with Crippen molar-refractivity contribution in [3.05, 3.63) is 50.8 Å². The van der Waals surface area contributed by atoms with Crippen LogP contribution in [0.25, 0.3) is 0 Å². The second kappa shape index (κ2) is 6.41. The Hall–Kier alpha value is -2.37. The highest BCUT2D eigenvalue weighted by Gasteiger charge is 2.57. The predicted molar refractivity (Wildman–Crippen MR) is 95.7 cm³/mol. The zero-order valence-corrected chi connectivity index (χ0v) is 15.4. The average molecular weight is 438 g/mol. The number of anilines is 1. The Labute approximate surface area is 161 Å². The van der Waals surface area contributed by atoms with Gasteiger partial charge in [-0.1, -0.05) is 11.6 Å². The molecule has 1 aromatic heterocycles. The summed E-state index contributed by atoms with van der Waals surface area (Å²) in [6, 6.07) is 7.13. The molecule has 2 N–H and O–H groups in total. The Bertz CT molecular complexity index is 965. The van der Waals surface area contributed by atoms with Crippen LogP contribution in [0.1, 0.15) is 17.0 Å². The zero-order chi connectivity index (χ0) is 18.4. The number of nitrogens with zero attached hydrogens (tertiary/aromatic N) is 2. The fourth-order valence-electron chi connectivity index (χ4n) is 3.25.